The second-order valence-corrected chi connectivity index (χ2v) is 7.38. The summed E-state index contributed by atoms with van der Waals surface area (Å²) in [5.41, 5.74) is 1.46. The van der Waals surface area contributed by atoms with E-state index in [1.54, 1.807) is 24.3 Å². The normalized spacial score (nSPS) is 21.0. The van der Waals surface area contributed by atoms with Crippen LogP contribution in [-0.2, 0) is 4.74 Å². The first-order valence-electron chi connectivity index (χ1n) is 9.73. The quantitative estimate of drug-likeness (QED) is 0.646. The molecule has 0 bridgehead atoms. The molecule has 152 valence electrons. The zero-order chi connectivity index (χ0) is 19.9. The summed E-state index contributed by atoms with van der Waals surface area (Å²) in [4.78, 5) is 0. The molecule has 1 aliphatic carbocycles. The van der Waals surface area contributed by atoms with Gasteiger partial charge in [-0.05, 0) is 61.1 Å². The van der Waals surface area contributed by atoms with Gasteiger partial charge in [0.05, 0.1) is 18.8 Å². The molecule has 2 aromatic carbocycles. The molecule has 0 heterocycles. The van der Waals surface area contributed by atoms with Gasteiger partial charge in [0.1, 0.15) is 17.7 Å². The Morgan fingerprint density at radius 1 is 0.893 bits per heavy atom. The third-order valence-corrected chi connectivity index (χ3v) is 5.14. The zero-order valence-corrected chi connectivity index (χ0v) is 15.7. The number of hydrogen-bond acceptors (Lipinski definition) is 4. The van der Waals surface area contributed by atoms with Crippen LogP contribution in [0.4, 0.5) is 8.78 Å². The van der Waals surface area contributed by atoms with Gasteiger partial charge in [0.2, 0.25) is 0 Å². The molecule has 0 unspecified atom stereocenters. The number of rotatable bonds is 8. The third-order valence-electron chi connectivity index (χ3n) is 5.14. The van der Waals surface area contributed by atoms with E-state index in [1.165, 1.54) is 24.3 Å². The van der Waals surface area contributed by atoms with Gasteiger partial charge >= 0.3 is 0 Å². The molecule has 0 radical (unpaired) electrons. The molecule has 6 heteroatoms. The lowest BCUT2D eigenvalue weighted by Crippen LogP contribution is -2.40. The van der Waals surface area contributed by atoms with Crippen molar-refractivity contribution in [2.24, 2.45) is 0 Å². The highest BCUT2D eigenvalue weighted by Gasteiger charge is 2.21. The van der Waals surface area contributed by atoms with Gasteiger partial charge in [0.15, 0.2) is 0 Å². The summed E-state index contributed by atoms with van der Waals surface area (Å²) < 4.78 is 32.5. The molecule has 0 aliphatic heterocycles. The monoisotopic (exact) mass is 391 g/mol. The summed E-state index contributed by atoms with van der Waals surface area (Å²) in [6.45, 7) is 0.474. The van der Waals surface area contributed by atoms with Gasteiger partial charge in [0.25, 0.3) is 0 Å². The number of nitrogens with one attached hydrogen (secondary N) is 1. The minimum atomic E-state index is -0.713. The Hall–Kier alpha value is -1.86. The molecule has 2 aromatic rings. The highest BCUT2D eigenvalue weighted by atomic mass is 19.1. The van der Waals surface area contributed by atoms with Gasteiger partial charge in [-0.2, -0.15) is 0 Å². The van der Waals surface area contributed by atoms with Crippen molar-refractivity contribution < 1.29 is 23.7 Å². The smallest absolute Gasteiger partial charge is 0.123 e. The average Bonchev–Trinajstić information content (AvgIpc) is 2.70. The van der Waals surface area contributed by atoms with E-state index >= 15 is 0 Å². The maximum atomic E-state index is 13.3. The van der Waals surface area contributed by atoms with Crippen LogP contribution in [0.15, 0.2) is 48.5 Å². The van der Waals surface area contributed by atoms with Crippen molar-refractivity contribution in [2.75, 3.05) is 13.2 Å². The lowest BCUT2D eigenvalue weighted by Gasteiger charge is -2.27. The Labute approximate surface area is 164 Å². The Bertz CT molecular complexity index is 670. The van der Waals surface area contributed by atoms with Crippen LogP contribution in [0.25, 0.3) is 0 Å². The Kier molecular flexibility index (Phi) is 7.50. The van der Waals surface area contributed by atoms with Crippen LogP contribution in [0.2, 0.25) is 0 Å². The lowest BCUT2D eigenvalue weighted by molar-refractivity contribution is 0.00444. The molecule has 0 saturated heterocycles. The molecule has 3 rings (SSSR count). The molecule has 1 aliphatic rings. The molecule has 0 spiro atoms. The van der Waals surface area contributed by atoms with Crippen molar-refractivity contribution in [2.45, 2.75) is 50.0 Å². The van der Waals surface area contributed by atoms with Crippen molar-refractivity contribution >= 4 is 0 Å². The van der Waals surface area contributed by atoms with Gasteiger partial charge < -0.3 is 20.3 Å². The lowest BCUT2D eigenvalue weighted by atomic mass is 9.93. The molecule has 4 nitrogen and oxygen atoms in total. The minimum Gasteiger partial charge on any atom is -0.393 e. The number of hydrogen-bond donors (Lipinski definition) is 3. The van der Waals surface area contributed by atoms with Crippen molar-refractivity contribution in [1.82, 2.24) is 5.32 Å². The first kappa shape index (κ1) is 20.9. The number of halogens is 2. The summed E-state index contributed by atoms with van der Waals surface area (Å²) in [7, 11) is 0. The summed E-state index contributed by atoms with van der Waals surface area (Å²) in [6.07, 6.45) is 1.89. The van der Waals surface area contributed by atoms with Gasteiger partial charge in [0, 0.05) is 12.6 Å². The van der Waals surface area contributed by atoms with Crippen molar-refractivity contribution in [3.8, 4) is 0 Å². The first-order chi connectivity index (χ1) is 13.5. The second kappa shape index (κ2) is 10.1. The van der Waals surface area contributed by atoms with E-state index in [0.717, 1.165) is 36.8 Å². The second-order valence-electron chi connectivity index (χ2n) is 7.38. The van der Waals surface area contributed by atoms with E-state index < -0.39 is 12.2 Å². The van der Waals surface area contributed by atoms with E-state index in [4.69, 9.17) is 4.74 Å². The van der Waals surface area contributed by atoms with Crippen LogP contribution in [0, 0.1) is 11.6 Å². The van der Waals surface area contributed by atoms with E-state index in [1.807, 2.05) is 0 Å². The molecule has 3 N–H and O–H groups in total. The predicted molar refractivity (Wildman–Crippen MR) is 103 cm³/mol. The highest BCUT2D eigenvalue weighted by molar-refractivity contribution is 5.30. The van der Waals surface area contributed by atoms with Crippen LogP contribution in [-0.4, -0.2) is 41.6 Å². The van der Waals surface area contributed by atoms with Crippen molar-refractivity contribution in [1.29, 1.82) is 0 Å². The third kappa shape index (κ3) is 6.07. The molecule has 1 atom stereocenters. The van der Waals surface area contributed by atoms with Crippen molar-refractivity contribution in [3.05, 3.63) is 71.3 Å². The Morgan fingerprint density at radius 3 is 1.89 bits per heavy atom. The number of aliphatic hydroxyl groups is 2. The summed E-state index contributed by atoms with van der Waals surface area (Å²) in [6, 6.07) is 12.2. The highest BCUT2D eigenvalue weighted by Crippen LogP contribution is 2.27. The summed E-state index contributed by atoms with van der Waals surface area (Å²) in [5, 5.41) is 23.2. The number of benzene rings is 2. The topological polar surface area (TPSA) is 61.7 Å². The fraction of sp³-hybridized carbons (Fsp3) is 0.455. The molecule has 0 aromatic heterocycles. The van der Waals surface area contributed by atoms with E-state index in [2.05, 4.69) is 5.32 Å². The Morgan fingerprint density at radius 2 is 1.39 bits per heavy atom. The van der Waals surface area contributed by atoms with Crippen LogP contribution >= 0.6 is 0 Å². The largest absolute Gasteiger partial charge is 0.393 e. The first-order valence-corrected chi connectivity index (χ1v) is 9.73. The van der Waals surface area contributed by atoms with Gasteiger partial charge in [-0.15, -0.1) is 0 Å². The van der Waals surface area contributed by atoms with Crippen LogP contribution in [0.5, 0.6) is 0 Å². The van der Waals surface area contributed by atoms with Gasteiger partial charge in [-0.1, -0.05) is 24.3 Å². The fourth-order valence-corrected chi connectivity index (χ4v) is 3.51. The van der Waals surface area contributed by atoms with Crippen LogP contribution in [0.1, 0.15) is 42.9 Å². The zero-order valence-electron chi connectivity index (χ0n) is 15.7. The van der Waals surface area contributed by atoms with Gasteiger partial charge in [-0.25, -0.2) is 8.78 Å². The minimum absolute atomic E-state index is 0.0851. The van der Waals surface area contributed by atoms with Gasteiger partial charge in [-0.3, -0.25) is 0 Å². The molecule has 0 amide bonds. The SMILES string of the molecule is OC1CCC(NC[C@H](O)COC(c2ccc(F)cc2)c2ccc(F)cc2)CC1. The number of aliphatic hydroxyl groups excluding tert-OH is 2. The van der Waals surface area contributed by atoms with E-state index in [9.17, 15) is 19.0 Å². The average molecular weight is 391 g/mol. The van der Waals surface area contributed by atoms with Crippen LogP contribution in [0.3, 0.4) is 0 Å². The van der Waals surface area contributed by atoms with Crippen molar-refractivity contribution in [3.63, 3.8) is 0 Å². The maximum Gasteiger partial charge on any atom is 0.123 e. The summed E-state index contributed by atoms with van der Waals surface area (Å²) >= 11 is 0. The molecule has 28 heavy (non-hydrogen) atoms. The molecule has 1 saturated carbocycles. The van der Waals surface area contributed by atoms with E-state index in [0.29, 0.717) is 12.6 Å². The van der Waals surface area contributed by atoms with Crippen LogP contribution < -0.4 is 5.32 Å². The number of ether oxygens (including phenoxy) is 1. The predicted octanol–water partition coefficient (Wildman–Crippen LogP) is 3.32. The molecule has 1 fully saturated rings. The Balaban J connectivity index is 1.58. The molecular weight excluding hydrogens is 364 g/mol. The summed E-state index contributed by atoms with van der Waals surface area (Å²) in [5.74, 6) is -0.688. The molecular formula is C22H27F2NO3. The fourth-order valence-electron chi connectivity index (χ4n) is 3.51. The van der Waals surface area contributed by atoms with E-state index in [-0.39, 0.29) is 24.3 Å². The maximum absolute atomic E-state index is 13.3. The standard InChI is InChI=1S/C22H27F2NO3/c23-17-5-1-15(2-6-17)22(16-3-7-18(24)8-4-16)28-14-21(27)13-25-19-9-11-20(26)12-10-19/h1-8,19-22,25-27H,9-14H2/t19?,20?,21-/m0/s1.